The first-order chi connectivity index (χ1) is 12.2. The van der Waals surface area contributed by atoms with E-state index in [-0.39, 0.29) is 31.4 Å². The number of ether oxygens (including phenoxy) is 1. The Labute approximate surface area is 178 Å². The maximum atomic E-state index is 12.6. The van der Waals surface area contributed by atoms with Gasteiger partial charge in [0.2, 0.25) is 0 Å². The molecule has 7 heteroatoms. The van der Waals surface area contributed by atoms with E-state index in [0.717, 1.165) is 28.8 Å². The number of aromatic nitrogens is 1. The van der Waals surface area contributed by atoms with E-state index in [2.05, 4.69) is 18.8 Å². The number of halogens is 2. The van der Waals surface area contributed by atoms with E-state index >= 15 is 0 Å². The summed E-state index contributed by atoms with van der Waals surface area (Å²) in [5, 5.41) is 0. The normalized spacial score (nSPS) is 10.1. The summed E-state index contributed by atoms with van der Waals surface area (Å²) in [6, 6.07) is 7.86. The van der Waals surface area contributed by atoms with Crippen LogP contribution in [0.2, 0.25) is 0 Å². The Bertz CT molecular complexity index is 835. The molecule has 154 valence electrons. The second-order valence-electron chi connectivity index (χ2n) is 6.92. The predicted octanol–water partition coefficient (Wildman–Crippen LogP) is 4.57. The molecule has 0 fully saturated rings. The average Bonchev–Trinajstić information content (AvgIpc) is 2.53. The number of carbonyl (C=O) groups is 2. The number of nitrogens with zero attached hydrogens (tertiary/aromatic N) is 1. The molecule has 0 spiro atoms. The average molecular weight is 427 g/mol. The Hall–Kier alpha value is -1.95. The number of hydrogen-bond acceptors (Lipinski definition) is 5. The predicted molar refractivity (Wildman–Crippen MR) is 116 cm³/mol. The molecule has 0 aliphatic heterocycles. The number of esters is 2. The fourth-order valence-electron chi connectivity index (χ4n) is 3.05. The van der Waals surface area contributed by atoms with E-state index in [1.54, 1.807) is 6.92 Å². The van der Waals surface area contributed by atoms with Gasteiger partial charge in [-0.3, -0.25) is 9.78 Å². The summed E-state index contributed by atoms with van der Waals surface area (Å²) >= 11 is 0. The third kappa shape index (κ3) is 6.03. The summed E-state index contributed by atoms with van der Waals surface area (Å²) in [4.78, 5) is 28.5. The van der Waals surface area contributed by atoms with Crippen LogP contribution in [0.15, 0.2) is 24.3 Å². The highest BCUT2D eigenvalue weighted by molar-refractivity contribution is 6.03. The first-order valence-electron chi connectivity index (χ1n) is 8.76. The molecule has 0 radical (unpaired) electrons. The van der Waals surface area contributed by atoms with E-state index < -0.39 is 11.9 Å². The van der Waals surface area contributed by atoms with Crippen molar-refractivity contribution in [2.24, 2.45) is 11.7 Å². The third-order valence-corrected chi connectivity index (χ3v) is 4.15. The smallest absolute Gasteiger partial charge is 0.348 e. The zero-order valence-electron chi connectivity index (χ0n) is 16.9. The summed E-state index contributed by atoms with van der Waals surface area (Å²) in [6.07, 6.45) is 0.758. The number of pyridine rings is 1. The van der Waals surface area contributed by atoms with Crippen molar-refractivity contribution in [2.75, 3.05) is 0 Å². The molecule has 0 amide bonds. The minimum Gasteiger partial charge on any atom is -0.390 e. The number of benzene rings is 1. The Morgan fingerprint density at radius 3 is 2.14 bits per heavy atom. The largest absolute Gasteiger partial charge is 0.390 e. The number of aryl methyl sites for hydroxylation is 2. The maximum Gasteiger partial charge on any atom is 0.348 e. The van der Waals surface area contributed by atoms with Crippen LogP contribution in [-0.4, -0.2) is 16.9 Å². The molecule has 0 aliphatic rings. The molecule has 28 heavy (non-hydrogen) atoms. The summed E-state index contributed by atoms with van der Waals surface area (Å²) < 4.78 is 4.86. The van der Waals surface area contributed by atoms with Gasteiger partial charge in [-0.2, -0.15) is 0 Å². The third-order valence-electron chi connectivity index (χ3n) is 4.15. The van der Waals surface area contributed by atoms with Crippen molar-refractivity contribution < 1.29 is 14.3 Å². The summed E-state index contributed by atoms with van der Waals surface area (Å²) in [7, 11) is 0. The first-order valence-corrected chi connectivity index (χ1v) is 8.76. The van der Waals surface area contributed by atoms with Gasteiger partial charge in [0.1, 0.15) is 0 Å². The van der Waals surface area contributed by atoms with Crippen LogP contribution in [0.1, 0.15) is 53.6 Å². The minimum absolute atomic E-state index is 0. The zero-order chi connectivity index (χ0) is 19.4. The van der Waals surface area contributed by atoms with Crippen LogP contribution in [0.3, 0.4) is 0 Å². The van der Waals surface area contributed by atoms with Crippen molar-refractivity contribution in [2.45, 2.75) is 47.6 Å². The van der Waals surface area contributed by atoms with Gasteiger partial charge in [0, 0.05) is 24.7 Å². The molecule has 0 saturated carbocycles. The van der Waals surface area contributed by atoms with Crippen LogP contribution in [0.5, 0.6) is 0 Å². The van der Waals surface area contributed by atoms with Gasteiger partial charge in [0.05, 0.1) is 11.3 Å². The molecule has 2 aromatic rings. The summed E-state index contributed by atoms with van der Waals surface area (Å²) in [5.41, 5.74) is 11.3. The van der Waals surface area contributed by atoms with Crippen LogP contribution in [0.25, 0.3) is 11.1 Å². The van der Waals surface area contributed by atoms with Crippen molar-refractivity contribution in [1.29, 1.82) is 0 Å². The monoisotopic (exact) mass is 426 g/mol. The molecule has 5 nitrogen and oxygen atoms in total. The first kappa shape index (κ1) is 26.1. The van der Waals surface area contributed by atoms with E-state index in [0.29, 0.717) is 22.7 Å². The van der Waals surface area contributed by atoms with E-state index in [9.17, 15) is 9.59 Å². The molecule has 0 aliphatic carbocycles. The van der Waals surface area contributed by atoms with Crippen LogP contribution in [0, 0.1) is 19.8 Å². The van der Waals surface area contributed by atoms with Crippen LogP contribution in [-0.2, 0) is 22.5 Å². The zero-order valence-corrected chi connectivity index (χ0v) is 18.5. The van der Waals surface area contributed by atoms with Crippen LogP contribution in [0.4, 0.5) is 0 Å². The standard InChI is InChI=1S/C21H26N2O3.2ClH/c1-12(2)10-18-17(11-22)20(16-8-6-13(3)7-9-16)19(14(4)23-18)21(25)26-15(5)24;;/h6-9,12H,10-11,22H2,1-5H3;2*1H. The number of carbonyl (C=O) groups excluding carboxylic acids is 2. The van der Waals surface area contributed by atoms with Gasteiger partial charge in [-0.25, -0.2) is 4.79 Å². The lowest BCUT2D eigenvalue weighted by Gasteiger charge is -2.20. The van der Waals surface area contributed by atoms with E-state index in [1.807, 2.05) is 31.2 Å². The van der Waals surface area contributed by atoms with Gasteiger partial charge in [-0.1, -0.05) is 43.7 Å². The van der Waals surface area contributed by atoms with Crippen molar-refractivity contribution >= 4 is 36.8 Å². The van der Waals surface area contributed by atoms with Crippen LogP contribution < -0.4 is 5.73 Å². The topological polar surface area (TPSA) is 82.3 Å². The van der Waals surface area contributed by atoms with E-state index in [1.165, 1.54) is 6.92 Å². The molecule has 1 aromatic heterocycles. The molecule has 2 rings (SSSR count). The lowest BCUT2D eigenvalue weighted by molar-refractivity contribution is -0.135. The number of rotatable bonds is 5. The summed E-state index contributed by atoms with van der Waals surface area (Å²) in [6.45, 7) is 9.45. The van der Waals surface area contributed by atoms with Crippen molar-refractivity contribution in [3.8, 4) is 11.1 Å². The number of nitrogens with two attached hydrogens (primary N) is 1. The number of hydrogen-bond donors (Lipinski definition) is 1. The minimum atomic E-state index is -0.691. The second kappa shape index (κ2) is 11.1. The molecule has 0 atom stereocenters. The van der Waals surface area contributed by atoms with Gasteiger partial charge in [-0.05, 0) is 37.3 Å². The Morgan fingerprint density at radius 2 is 1.68 bits per heavy atom. The molecular weight excluding hydrogens is 399 g/mol. The molecule has 2 N–H and O–H groups in total. The van der Waals surface area contributed by atoms with Gasteiger partial charge in [-0.15, -0.1) is 24.8 Å². The quantitative estimate of drug-likeness (QED) is 0.558. The van der Waals surface area contributed by atoms with Crippen molar-refractivity contribution in [3.05, 3.63) is 52.3 Å². The molecule has 1 aromatic carbocycles. The Kier molecular flexibility index (Phi) is 10.4. The molecular formula is C21H28Cl2N2O3. The van der Waals surface area contributed by atoms with Gasteiger partial charge in [0.25, 0.3) is 0 Å². The highest BCUT2D eigenvalue weighted by atomic mass is 35.5. The summed E-state index contributed by atoms with van der Waals surface area (Å²) in [5.74, 6) is -0.943. The molecule has 0 unspecified atom stereocenters. The highest BCUT2D eigenvalue weighted by Gasteiger charge is 2.25. The second-order valence-corrected chi connectivity index (χ2v) is 6.92. The highest BCUT2D eigenvalue weighted by Crippen LogP contribution is 2.33. The van der Waals surface area contributed by atoms with Gasteiger partial charge < -0.3 is 10.5 Å². The van der Waals surface area contributed by atoms with Crippen molar-refractivity contribution in [1.82, 2.24) is 4.98 Å². The Morgan fingerprint density at radius 1 is 1.11 bits per heavy atom. The van der Waals surface area contributed by atoms with Gasteiger partial charge >= 0.3 is 11.9 Å². The fraction of sp³-hybridized carbons (Fsp3) is 0.381. The van der Waals surface area contributed by atoms with Crippen LogP contribution >= 0.6 is 24.8 Å². The molecule has 0 saturated heterocycles. The Balaban J connectivity index is 0.00000364. The van der Waals surface area contributed by atoms with E-state index in [4.69, 9.17) is 10.5 Å². The fourth-order valence-corrected chi connectivity index (χ4v) is 3.05. The molecule has 0 bridgehead atoms. The lowest BCUT2D eigenvalue weighted by atomic mass is 9.90. The SMILES string of the molecule is CC(=O)OC(=O)c1c(C)nc(CC(C)C)c(CN)c1-c1ccc(C)cc1.Cl.Cl. The maximum absolute atomic E-state index is 12.6. The lowest BCUT2D eigenvalue weighted by Crippen LogP contribution is -2.18. The molecule has 1 heterocycles. The van der Waals surface area contributed by atoms with Gasteiger partial charge in [0.15, 0.2) is 0 Å². The van der Waals surface area contributed by atoms with Crippen molar-refractivity contribution in [3.63, 3.8) is 0 Å².